The third kappa shape index (κ3) is 2.26. The van der Waals surface area contributed by atoms with Gasteiger partial charge in [-0.1, -0.05) is 18.2 Å². The van der Waals surface area contributed by atoms with Crippen molar-refractivity contribution in [2.75, 3.05) is 25.1 Å². The Labute approximate surface area is 166 Å². The van der Waals surface area contributed by atoms with Crippen molar-refractivity contribution < 1.29 is 19.4 Å². The van der Waals surface area contributed by atoms with Crippen molar-refractivity contribution in [1.29, 1.82) is 0 Å². The number of fused-ring (bicyclic) bond motifs is 6. The van der Waals surface area contributed by atoms with Crippen molar-refractivity contribution in [3.05, 3.63) is 29.8 Å². The van der Waals surface area contributed by atoms with Crippen molar-refractivity contribution in [3.8, 4) is 0 Å². The van der Waals surface area contributed by atoms with Gasteiger partial charge in [-0.3, -0.25) is 4.79 Å². The molecule has 2 bridgehead atoms. The molecule has 1 aliphatic carbocycles. The van der Waals surface area contributed by atoms with Gasteiger partial charge in [0.25, 0.3) is 0 Å². The van der Waals surface area contributed by atoms with Gasteiger partial charge in [0.15, 0.2) is 6.29 Å². The smallest absolute Gasteiger partial charge is 0.224 e. The van der Waals surface area contributed by atoms with Crippen LogP contribution in [-0.4, -0.2) is 55.8 Å². The van der Waals surface area contributed by atoms with Gasteiger partial charge in [-0.05, 0) is 50.9 Å². The van der Waals surface area contributed by atoms with E-state index in [4.69, 9.17) is 9.47 Å². The van der Waals surface area contributed by atoms with E-state index in [2.05, 4.69) is 17.4 Å². The second-order valence-electron chi connectivity index (χ2n) is 8.94. The predicted molar refractivity (Wildman–Crippen MR) is 105 cm³/mol. The molecule has 5 rings (SSSR count). The maximum Gasteiger partial charge on any atom is 0.224 e. The maximum atomic E-state index is 12.9. The number of amides is 1. The average molecular weight is 386 g/mol. The number of carbonyl (C=O) groups is 1. The Morgan fingerprint density at radius 3 is 2.89 bits per heavy atom. The zero-order chi connectivity index (χ0) is 19.6. The highest BCUT2D eigenvalue weighted by atomic mass is 16.6. The molecular formula is C22H30N2O4. The zero-order valence-electron chi connectivity index (χ0n) is 16.8. The summed E-state index contributed by atoms with van der Waals surface area (Å²) in [5, 5.41) is 14.2. The minimum Gasteiger partial charge on any atom is -0.378 e. The fourth-order valence-corrected chi connectivity index (χ4v) is 6.82. The van der Waals surface area contributed by atoms with Crippen molar-refractivity contribution in [3.63, 3.8) is 0 Å². The first-order valence-corrected chi connectivity index (χ1v) is 10.5. The molecule has 3 aliphatic heterocycles. The van der Waals surface area contributed by atoms with Crippen LogP contribution in [0.5, 0.6) is 0 Å². The molecule has 0 spiro atoms. The largest absolute Gasteiger partial charge is 0.378 e. The summed E-state index contributed by atoms with van der Waals surface area (Å²) in [6, 6.07) is 8.26. The molecule has 28 heavy (non-hydrogen) atoms. The van der Waals surface area contributed by atoms with Crippen LogP contribution < -0.4 is 10.2 Å². The predicted octanol–water partition coefficient (Wildman–Crippen LogP) is 1.66. The number of aliphatic hydroxyl groups is 1. The van der Waals surface area contributed by atoms with Gasteiger partial charge in [0, 0.05) is 29.9 Å². The van der Waals surface area contributed by atoms with Gasteiger partial charge in [0.2, 0.25) is 5.91 Å². The van der Waals surface area contributed by atoms with Gasteiger partial charge >= 0.3 is 0 Å². The van der Waals surface area contributed by atoms with Gasteiger partial charge < -0.3 is 24.8 Å². The number of nitrogens with zero attached hydrogens (tertiary/aromatic N) is 1. The number of hydrogen-bond donors (Lipinski definition) is 2. The average Bonchev–Trinajstić information content (AvgIpc) is 2.98. The van der Waals surface area contributed by atoms with E-state index in [0.29, 0.717) is 12.5 Å². The van der Waals surface area contributed by atoms with Crippen molar-refractivity contribution in [1.82, 2.24) is 5.32 Å². The number of nitrogens with one attached hydrogen (secondary N) is 1. The number of rotatable bonds is 3. The summed E-state index contributed by atoms with van der Waals surface area (Å²) in [6.45, 7) is 5.15. The lowest BCUT2D eigenvalue weighted by Gasteiger charge is -2.61. The van der Waals surface area contributed by atoms with E-state index in [1.807, 2.05) is 31.0 Å². The summed E-state index contributed by atoms with van der Waals surface area (Å²) in [4.78, 5) is 14.9. The topological polar surface area (TPSA) is 71.0 Å². The molecule has 1 amide bonds. The second-order valence-corrected chi connectivity index (χ2v) is 8.94. The van der Waals surface area contributed by atoms with Crippen LogP contribution in [0, 0.1) is 17.8 Å². The highest BCUT2D eigenvalue weighted by Crippen LogP contribution is 2.62. The first-order chi connectivity index (χ1) is 13.5. The lowest BCUT2D eigenvalue weighted by atomic mass is 9.53. The molecule has 152 valence electrons. The highest BCUT2D eigenvalue weighted by Gasteiger charge is 2.67. The SMILES string of the molecule is CNCC[C@]12c3ccccc3N(C(C)=O)[C@H]1[C@@H]1CO[C@H](C)C3[C@@H](O)OC2C[C@@H]31. The molecular weight excluding hydrogens is 356 g/mol. The van der Waals surface area contributed by atoms with E-state index >= 15 is 0 Å². The van der Waals surface area contributed by atoms with Gasteiger partial charge in [-0.25, -0.2) is 0 Å². The summed E-state index contributed by atoms with van der Waals surface area (Å²) in [5.74, 6) is 0.542. The minimum atomic E-state index is -0.812. The summed E-state index contributed by atoms with van der Waals surface area (Å²) >= 11 is 0. The lowest BCUT2D eigenvalue weighted by molar-refractivity contribution is -0.296. The van der Waals surface area contributed by atoms with E-state index < -0.39 is 6.29 Å². The van der Waals surface area contributed by atoms with Gasteiger partial charge in [-0.2, -0.15) is 0 Å². The van der Waals surface area contributed by atoms with Crippen LogP contribution in [0.3, 0.4) is 0 Å². The number of hydrogen-bond acceptors (Lipinski definition) is 5. The number of carbonyl (C=O) groups excluding carboxylic acids is 1. The normalized spacial score (nSPS) is 43.4. The number of anilines is 1. The molecule has 8 atom stereocenters. The molecule has 1 saturated carbocycles. The number of aliphatic hydroxyl groups excluding tert-OH is 1. The number of benzene rings is 1. The van der Waals surface area contributed by atoms with Gasteiger partial charge in [-0.15, -0.1) is 0 Å². The van der Waals surface area contributed by atoms with Gasteiger partial charge in [0.05, 0.1) is 24.9 Å². The second kappa shape index (κ2) is 6.52. The first-order valence-electron chi connectivity index (χ1n) is 10.5. The quantitative estimate of drug-likeness (QED) is 0.827. The first kappa shape index (κ1) is 18.6. The van der Waals surface area contributed by atoms with Crippen LogP contribution >= 0.6 is 0 Å². The monoisotopic (exact) mass is 386 g/mol. The van der Waals surface area contributed by atoms with Crippen LogP contribution in [-0.2, 0) is 19.7 Å². The van der Waals surface area contributed by atoms with E-state index in [1.54, 1.807) is 6.92 Å². The molecule has 3 fully saturated rings. The fourth-order valence-electron chi connectivity index (χ4n) is 6.82. The highest BCUT2D eigenvalue weighted by molar-refractivity contribution is 5.96. The Bertz CT molecular complexity index is 786. The molecule has 2 N–H and O–H groups in total. The summed E-state index contributed by atoms with van der Waals surface area (Å²) < 4.78 is 12.5. The summed E-state index contributed by atoms with van der Waals surface area (Å²) in [7, 11) is 1.96. The Morgan fingerprint density at radius 2 is 2.14 bits per heavy atom. The molecule has 1 aromatic rings. The molecule has 0 aromatic heterocycles. The minimum absolute atomic E-state index is 0.00185. The van der Waals surface area contributed by atoms with Crippen molar-refractivity contribution in [2.24, 2.45) is 17.8 Å². The molecule has 3 heterocycles. The Morgan fingerprint density at radius 1 is 1.36 bits per heavy atom. The molecule has 6 heteroatoms. The van der Waals surface area contributed by atoms with Crippen LogP contribution in [0.4, 0.5) is 5.69 Å². The van der Waals surface area contributed by atoms with Gasteiger partial charge in [0.1, 0.15) is 0 Å². The van der Waals surface area contributed by atoms with E-state index in [0.717, 1.165) is 25.1 Å². The third-order valence-electron chi connectivity index (χ3n) is 7.84. The van der Waals surface area contributed by atoms with Crippen LogP contribution in [0.25, 0.3) is 0 Å². The maximum absolute atomic E-state index is 12.9. The molecule has 2 saturated heterocycles. The Balaban J connectivity index is 1.71. The van der Waals surface area contributed by atoms with Crippen LogP contribution in [0.15, 0.2) is 24.3 Å². The van der Waals surface area contributed by atoms with E-state index in [9.17, 15) is 9.90 Å². The lowest BCUT2D eigenvalue weighted by Crippen LogP contribution is -2.70. The third-order valence-corrected chi connectivity index (χ3v) is 7.84. The van der Waals surface area contributed by atoms with Crippen molar-refractivity contribution in [2.45, 2.75) is 56.6 Å². The summed E-state index contributed by atoms with van der Waals surface area (Å²) in [6.07, 6.45) is 0.828. The Hall–Kier alpha value is -1.47. The molecule has 1 aromatic carbocycles. The zero-order valence-corrected chi connectivity index (χ0v) is 16.8. The standard InChI is InChI=1S/C22H30N2O4/c1-12-19-14-10-18(28-21(19)26)22(8-9-23-3)16-6-4-5-7-17(16)24(13(2)25)20(22)15(14)11-27-12/h4-7,12,14-15,18-21,23,26H,8-11H2,1-3H3/t12-,14-,15-,18?,19?,20+,21+,22-/m1/s1. The van der Waals surface area contributed by atoms with Crippen molar-refractivity contribution >= 4 is 11.6 Å². The van der Waals surface area contributed by atoms with E-state index in [1.165, 1.54) is 5.56 Å². The van der Waals surface area contributed by atoms with Crippen LogP contribution in [0.2, 0.25) is 0 Å². The molecule has 2 unspecified atom stereocenters. The number of para-hydroxylation sites is 1. The van der Waals surface area contributed by atoms with Crippen LogP contribution in [0.1, 0.15) is 32.3 Å². The summed E-state index contributed by atoms with van der Waals surface area (Å²) in [5.41, 5.74) is 1.84. The molecule has 6 nitrogen and oxygen atoms in total. The molecule has 4 aliphatic rings. The Kier molecular flexibility index (Phi) is 4.32. The molecule has 0 radical (unpaired) electrons. The number of ether oxygens (including phenoxy) is 2. The fraction of sp³-hybridized carbons (Fsp3) is 0.682. The van der Waals surface area contributed by atoms with E-state index in [-0.39, 0.29) is 41.4 Å².